The van der Waals surface area contributed by atoms with Crippen LogP contribution in [0.25, 0.3) is 0 Å². The standard InChI is InChI=1S/C13H16O/c14-13-11-7-3-1-5-9(11)10-6-2-4-8-12(10)13/h3-4,7-12H,1-2,5-6H2/t9-,10+,11-,12-/m1/s1. The second-order valence-electron chi connectivity index (χ2n) is 4.79. The van der Waals surface area contributed by atoms with Gasteiger partial charge in [-0.3, -0.25) is 4.79 Å². The summed E-state index contributed by atoms with van der Waals surface area (Å²) in [5.41, 5.74) is 0. The zero-order valence-electron chi connectivity index (χ0n) is 8.36. The van der Waals surface area contributed by atoms with Crippen molar-refractivity contribution in [3.63, 3.8) is 0 Å². The highest BCUT2D eigenvalue weighted by atomic mass is 16.1. The molecule has 0 spiro atoms. The van der Waals surface area contributed by atoms with Crippen LogP contribution in [-0.2, 0) is 4.79 Å². The third-order valence-electron chi connectivity index (χ3n) is 4.15. The van der Waals surface area contributed by atoms with Crippen molar-refractivity contribution in [2.45, 2.75) is 25.7 Å². The van der Waals surface area contributed by atoms with Gasteiger partial charge in [-0.2, -0.15) is 0 Å². The van der Waals surface area contributed by atoms with Gasteiger partial charge < -0.3 is 0 Å². The fraction of sp³-hybridized carbons (Fsp3) is 0.615. The van der Waals surface area contributed by atoms with E-state index in [9.17, 15) is 4.79 Å². The second kappa shape index (κ2) is 3.08. The first-order valence-electron chi connectivity index (χ1n) is 5.75. The second-order valence-corrected chi connectivity index (χ2v) is 4.79. The Bertz CT molecular complexity index is 283. The van der Waals surface area contributed by atoms with Crippen molar-refractivity contribution in [3.05, 3.63) is 24.3 Å². The van der Waals surface area contributed by atoms with Gasteiger partial charge in [0, 0.05) is 11.8 Å². The minimum absolute atomic E-state index is 0.265. The lowest BCUT2D eigenvalue weighted by Gasteiger charge is -2.27. The van der Waals surface area contributed by atoms with Crippen LogP contribution >= 0.6 is 0 Å². The summed E-state index contributed by atoms with van der Waals surface area (Å²) in [6.07, 6.45) is 13.6. The maximum atomic E-state index is 12.1. The van der Waals surface area contributed by atoms with E-state index in [2.05, 4.69) is 24.3 Å². The molecular weight excluding hydrogens is 172 g/mol. The van der Waals surface area contributed by atoms with Crippen molar-refractivity contribution in [1.82, 2.24) is 0 Å². The number of carbonyl (C=O) groups is 1. The zero-order valence-corrected chi connectivity index (χ0v) is 8.36. The largest absolute Gasteiger partial charge is 0.298 e. The lowest BCUT2D eigenvalue weighted by molar-refractivity contribution is -0.122. The van der Waals surface area contributed by atoms with Crippen LogP contribution in [0.4, 0.5) is 0 Å². The van der Waals surface area contributed by atoms with Crippen LogP contribution in [-0.4, -0.2) is 5.78 Å². The van der Waals surface area contributed by atoms with Crippen LogP contribution in [0, 0.1) is 23.7 Å². The molecule has 0 unspecified atom stereocenters. The van der Waals surface area contributed by atoms with Gasteiger partial charge in [0.1, 0.15) is 5.78 Å². The molecular formula is C13H16O. The summed E-state index contributed by atoms with van der Waals surface area (Å²) < 4.78 is 0. The van der Waals surface area contributed by atoms with E-state index in [0.29, 0.717) is 17.6 Å². The SMILES string of the molecule is O=C1[C@@H]2C=CCC[C@@H]2[C@@H]2CCC=C[C@@H]12. The quantitative estimate of drug-likeness (QED) is 0.534. The van der Waals surface area contributed by atoms with Crippen LogP contribution in [0.2, 0.25) is 0 Å². The van der Waals surface area contributed by atoms with E-state index in [-0.39, 0.29) is 11.8 Å². The number of rotatable bonds is 0. The minimum Gasteiger partial charge on any atom is -0.298 e. The smallest absolute Gasteiger partial charge is 0.147 e. The summed E-state index contributed by atoms with van der Waals surface area (Å²) in [6, 6.07) is 0. The first-order chi connectivity index (χ1) is 6.88. The molecule has 1 heteroatoms. The van der Waals surface area contributed by atoms with Crippen LogP contribution in [0.5, 0.6) is 0 Å². The molecule has 0 saturated heterocycles. The van der Waals surface area contributed by atoms with E-state index >= 15 is 0 Å². The molecule has 0 radical (unpaired) electrons. The van der Waals surface area contributed by atoms with Gasteiger partial charge in [0.05, 0.1) is 0 Å². The molecule has 0 heterocycles. The zero-order chi connectivity index (χ0) is 9.54. The van der Waals surface area contributed by atoms with Gasteiger partial charge in [-0.25, -0.2) is 0 Å². The fourth-order valence-electron chi connectivity index (χ4n) is 3.50. The molecule has 74 valence electrons. The number of hydrogen-bond acceptors (Lipinski definition) is 1. The highest BCUT2D eigenvalue weighted by Crippen LogP contribution is 2.48. The van der Waals surface area contributed by atoms with Gasteiger partial charge in [-0.1, -0.05) is 24.3 Å². The Morgan fingerprint density at radius 2 is 1.43 bits per heavy atom. The van der Waals surface area contributed by atoms with Crippen LogP contribution < -0.4 is 0 Å². The molecule has 0 aromatic rings. The van der Waals surface area contributed by atoms with Gasteiger partial charge in [-0.15, -0.1) is 0 Å². The number of fused-ring (bicyclic) bond motifs is 3. The molecule has 3 aliphatic rings. The molecule has 0 bridgehead atoms. The van der Waals surface area contributed by atoms with Crippen LogP contribution in [0.3, 0.4) is 0 Å². The highest BCUT2D eigenvalue weighted by molar-refractivity contribution is 5.89. The van der Waals surface area contributed by atoms with Crippen LogP contribution in [0.15, 0.2) is 24.3 Å². The van der Waals surface area contributed by atoms with Crippen molar-refractivity contribution in [3.8, 4) is 0 Å². The Hall–Kier alpha value is -0.850. The molecule has 0 aliphatic heterocycles. The molecule has 3 rings (SSSR count). The Morgan fingerprint density at radius 1 is 0.929 bits per heavy atom. The first-order valence-corrected chi connectivity index (χ1v) is 5.75. The van der Waals surface area contributed by atoms with Crippen molar-refractivity contribution in [1.29, 1.82) is 0 Å². The Balaban J connectivity index is 1.97. The van der Waals surface area contributed by atoms with Gasteiger partial charge in [0.25, 0.3) is 0 Å². The summed E-state index contributed by atoms with van der Waals surface area (Å²) in [7, 11) is 0. The molecule has 3 aliphatic carbocycles. The van der Waals surface area contributed by atoms with Gasteiger partial charge in [0.2, 0.25) is 0 Å². The Morgan fingerprint density at radius 3 is 1.93 bits per heavy atom. The summed E-state index contributed by atoms with van der Waals surface area (Å²) in [5, 5.41) is 0. The Labute approximate surface area is 84.9 Å². The predicted molar refractivity (Wildman–Crippen MR) is 55.7 cm³/mol. The average molecular weight is 188 g/mol. The molecule has 0 N–H and O–H groups in total. The maximum Gasteiger partial charge on any atom is 0.147 e. The van der Waals surface area contributed by atoms with Crippen molar-refractivity contribution in [2.24, 2.45) is 23.7 Å². The van der Waals surface area contributed by atoms with E-state index in [4.69, 9.17) is 0 Å². The van der Waals surface area contributed by atoms with Crippen molar-refractivity contribution >= 4 is 5.78 Å². The third kappa shape index (κ3) is 1.05. The summed E-state index contributed by atoms with van der Waals surface area (Å²) in [5.74, 6) is 2.36. The number of ketones is 1. The molecule has 14 heavy (non-hydrogen) atoms. The predicted octanol–water partition coefficient (Wildman–Crippen LogP) is 2.73. The monoisotopic (exact) mass is 188 g/mol. The molecule has 0 aromatic heterocycles. The molecule has 1 nitrogen and oxygen atoms in total. The van der Waals surface area contributed by atoms with E-state index in [1.807, 2.05) is 0 Å². The lowest BCUT2D eigenvalue weighted by Crippen LogP contribution is -2.19. The average Bonchev–Trinajstić information content (AvgIpc) is 2.55. The minimum atomic E-state index is 0.265. The van der Waals surface area contributed by atoms with E-state index < -0.39 is 0 Å². The normalized spacial score (nSPS) is 45.0. The number of carbonyl (C=O) groups excluding carboxylic acids is 1. The first kappa shape index (κ1) is 8.46. The maximum absolute atomic E-state index is 12.1. The van der Waals surface area contributed by atoms with E-state index in [1.165, 1.54) is 25.7 Å². The number of allylic oxidation sites excluding steroid dienone is 4. The fourth-order valence-corrected chi connectivity index (χ4v) is 3.50. The van der Waals surface area contributed by atoms with Gasteiger partial charge in [-0.05, 0) is 37.5 Å². The Kier molecular flexibility index (Phi) is 1.86. The lowest BCUT2D eigenvalue weighted by atomic mass is 9.77. The highest BCUT2D eigenvalue weighted by Gasteiger charge is 2.47. The third-order valence-corrected chi connectivity index (χ3v) is 4.15. The number of hydrogen-bond donors (Lipinski definition) is 0. The molecule has 1 saturated carbocycles. The van der Waals surface area contributed by atoms with Crippen LogP contribution in [0.1, 0.15) is 25.7 Å². The van der Waals surface area contributed by atoms with Gasteiger partial charge in [0.15, 0.2) is 0 Å². The van der Waals surface area contributed by atoms with E-state index in [1.54, 1.807) is 0 Å². The summed E-state index contributed by atoms with van der Waals surface area (Å²) in [4.78, 5) is 12.1. The molecule has 0 amide bonds. The van der Waals surface area contributed by atoms with Gasteiger partial charge >= 0.3 is 0 Å². The summed E-state index contributed by atoms with van der Waals surface area (Å²) in [6.45, 7) is 0. The van der Waals surface area contributed by atoms with Crippen molar-refractivity contribution < 1.29 is 4.79 Å². The number of Topliss-reactive ketones (excluding diaryl/α,β-unsaturated/α-hetero) is 1. The molecule has 1 fully saturated rings. The topological polar surface area (TPSA) is 17.1 Å². The van der Waals surface area contributed by atoms with Crippen molar-refractivity contribution in [2.75, 3.05) is 0 Å². The summed E-state index contributed by atoms with van der Waals surface area (Å²) >= 11 is 0. The molecule has 4 atom stereocenters. The van der Waals surface area contributed by atoms with E-state index in [0.717, 1.165) is 0 Å². The molecule has 0 aromatic carbocycles.